The van der Waals surface area contributed by atoms with E-state index in [4.69, 9.17) is 0 Å². The van der Waals surface area contributed by atoms with Crippen LogP contribution in [0.5, 0.6) is 0 Å². The third-order valence-electron chi connectivity index (χ3n) is 4.86. The fourth-order valence-corrected chi connectivity index (χ4v) is 5.17. The third kappa shape index (κ3) is 3.40. The van der Waals surface area contributed by atoms with Crippen molar-refractivity contribution < 1.29 is 0 Å². The van der Waals surface area contributed by atoms with Crippen molar-refractivity contribution in [1.29, 1.82) is 0 Å². The summed E-state index contributed by atoms with van der Waals surface area (Å²) in [4.78, 5) is 2.72. The lowest BCUT2D eigenvalue weighted by Gasteiger charge is -2.04. The van der Waals surface area contributed by atoms with E-state index in [1.54, 1.807) is 0 Å². The fourth-order valence-electron chi connectivity index (χ4n) is 3.19. The van der Waals surface area contributed by atoms with Gasteiger partial charge in [-0.15, -0.1) is 22.7 Å². The molecule has 0 aliphatic carbocycles. The van der Waals surface area contributed by atoms with Gasteiger partial charge in [-0.25, -0.2) is 0 Å². The second-order valence-electron chi connectivity index (χ2n) is 6.46. The van der Waals surface area contributed by atoms with Crippen molar-refractivity contribution in [2.75, 3.05) is 0 Å². The molecule has 0 spiro atoms. The van der Waals surface area contributed by atoms with Crippen LogP contribution in [-0.4, -0.2) is 0 Å². The molecule has 0 unspecified atom stereocenters. The van der Waals surface area contributed by atoms with Crippen molar-refractivity contribution >= 4 is 22.7 Å². The predicted molar refractivity (Wildman–Crippen MR) is 117 cm³/mol. The number of aryl methyl sites for hydroxylation is 2. The number of rotatable bonds is 5. The minimum Gasteiger partial charge on any atom is -0.142 e. The lowest BCUT2D eigenvalue weighted by molar-refractivity contribution is 1.14. The normalized spacial score (nSPS) is 11.0. The first-order chi connectivity index (χ1) is 12.8. The quantitative estimate of drug-likeness (QED) is 0.332. The molecule has 0 aliphatic rings. The van der Waals surface area contributed by atoms with E-state index >= 15 is 0 Å². The highest BCUT2D eigenvalue weighted by molar-refractivity contribution is 7.21. The van der Waals surface area contributed by atoms with Gasteiger partial charge in [0.05, 0.1) is 4.88 Å². The molecule has 4 rings (SSSR count). The predicted octanol–water partition coefficient (Wildman–Crippen LogP) is 7.94. The molecular weight excluding hydrogens is 352 g/mol. The average molecular weight is 375 g/mol. The molecule has 0 saturated carbocycles. The van der Waals surface area contributed by atoms with Gasteiger partial charge < -0.3 is 0 Å². The van der Waals surface area contributed by atoms with Crippen molar-refractivity contribution in [2.24, 2.45) is 0 Å². The summed E-state index contributed by atoms with van der Waals surface area (Å²) in [5.74, 6) is 0. The molecule has 0 radical (unpaired) electrons. The van der Waals surface area contributed by atoms with Gasteiger partial charge in [0.2, 0.25) is 0 Å². The summed E-state index contributed by atoms with van der Waals surface area (Å²) in [6.45, 7) is 4.40. The molecule has 0 bridgehead atoms. The first kappa shape index (κ1) is 17.3. The Balaban J connectivity index is 1.66. The van der Waals surface area contributed by atoms with E-state index < -0.39 is 0 Å². The topological polar surface area (TPSA) is 0 Å². The zero-order valence-electron chi connectivity index (χ0n) is 15.2. The highest BCUT2D eigenvalue weighted by Gasteiger charge is 2.12. The lowest BCUT2D eigenvalue weighted by Crippen LogP contribution is -1.81. The molecule has 2 aromatic heterocycles. The second-order valence-corrected chi connectivity index (χ2v) is 8.29. The van der Waals surface area contributed by atoms with Gasteiger partial charge in [-0.1, -0.05) is 62.4 Å². The van der Waals surface area contributed by atoms with Crippen LogP contribution >= 0.6 is 22.7 Å². The fraction of sp³-hybridized carbons (Fsp3) is 0.167. The summed E-state index contributed by atoms with van der Waals surface area (Å²) in [5.41, 5.74) is 8.04. The van der Waals surface area contributed by atoms with Crippen LogP contribution in [0.4, 0.5) is 0 Å². The van der Waals surface area contributed by atoms with Crippen molar-refractivity contribution in [3.8, 4) is 32.0 Å². The Kier molecular flexibility index (Phi) is 5.05. The summed E-state index contributed by atoms with van der Waals surface area (Å²) >= 11 is 3.67. The molecule has 0 aliphatic heterocycles. The van der Waals surface area contributed by atoms with Crippen molar-refractivity contribution in [3.05, 3.63) is 82.6 Å². The Bertz CT molecular complexity index is 985. The summed E-state index contributed by atoms with van der Waals surface area (Å²) in [5, 5.41) is 4.48. The van der Waals surface area contributed by atoms with E-state index in [1.165, 1.54) is 43.1 Å². The van der Waals surface area contributed by atoms with Gasteiger partial charge in [-0.05, 0) is 63.6 Å². The van der Waals surface area contributed by atoms with Crippen LogP contribution in [0.1, 0.15) is 25.0 Å². The van der Waals surface area contributed by atoms with Crippen LogP contribution in [0.25, 0.3) is 32.0 Å². The first-order valence-corrected chi connectivity index (χ1v) is 10.9. The van der Waals surface area contributed by atoms with Crippen molar-refractivity contribution in [1.82, 2.24) is 0 Å². The van der Waals surface area contributed by atoms with Crippen molar-refractivity contribution in [3.63, 3.8) is 0 Å². The Hall–Kier alpha value is -2.16. The molecule has 26 heavy (non-hydrogen) atoms. The van der Waals surface area contributed by atoms with Gasteiger partial charge >= 0.3 is 0 Å². The molecule has 0 nitrogen and oxygen atoms in total. The van der Waals surface area contributed by atoms with Gasteiger partial charge in [-0.2, -0.15) is 0 Å². The SMILES string of the molecule is CCc1ccc(-c2csc(-c3sccc3-c3ccc(CC)cc3)c2)cc1. The summed E-state index contributed by atoms with van der Waals surface area (Å²) in [6, 6.07) is 22.5. The van der Waals surface area contributed by atoms with E-state index in [0.29, 0.717) is 0 Å². The van der Waals surface area contributed by atoms with Crippen LogP contribution in [0, 0.1) is 0 Å². The molecule has 2 heteroatoms. The molecule has 0 amide bonds. The van der Waals surface area contributed by atoms with E-state index in [-0.39, 0.29) is 0 Å². The lowest BCUT2D eigenvalue weighted by atomic mass is 10.0. The number of thiophene rings is 2. The Morgan fingerprint density at radius 3 is 1.88 bits per heavy atom. The van der Waals surface area contributed by atoms with Crippen LogP contribution in [-0.2, 0) is 12.8 Å². The minimum atomic E-state index is 1.09. The second kappa shape index (κ2) is 7.61. The summed E-state index contributed by atoms with van der Waals surface area (Å²) < 4.78 is 0. The largest absolute Gasteiger partial charge is 0.142 e. The number of hydrogen-bond acceptors (Lipinski definition) is 2. The van der Waals surface area contributed by atoms with Crippen LogP contribution < -0.4 is 0 Å². The van der Waals surface area contributed by atoms with Gasteiger partial charge in [-0.3, -0.25) is 0 Å². The van der Waals surface area contributed by atoms with Gasteiger partial charge in [0, 0.05) is 10.4 Å². The highest BCUT2D eigenvalue weighted by Crippen LogP contribution is 2.41. The standard InChI is InChI=1S/C24H22S2/c1-3-17-5-9-19(10-6-17)21-15-23(26-16-21)24-22(13-14-25-24)20-11-7-18(4-2)8-12-20/h5-16H,3-4H2,1-2H3. The maximum Gasteiger partial charge on any atom is 0.0521 e. The van der Waals surface area contributed by atoms with E-state index in [1.807, 2.05) is 22.7 Å². The van der Waals surface area contributed by atoms with Gasteiger partial charge in [0.25, 0.3) is 0 Å². The van der Waals surface area contributed by atoms with Crippen LogP contribution in [0.2, 0.25) is 0 Å². The Morgan fingerprint density at radius 1 is 0.654 bits per heavy atom. The molecule has 0 atom stereocenters. The molecule has 4 aromatic rings. The zero-order chi connectivity index (χ0) is 17.9. The average Bonchev–Trinajstić information content (AvgIpc) is 3.37. The van der Waals surface area contributed by atoms with E-state index in [0.717, 1.165) is 12.8 Å². The molecule has 0 fully saturated rings. The number of hydrogen-bond donors (Lipinski definition) is 0. The first-order valence-electron chi connectivity index (χ1n) is 9.13. The van der Waals surface area contributed by atoms with Crippen LogP contribution in [0.15, 0.2) is 71.4 Å². The van der Waals surface area contributed by atoms with E-state index in [9.17, 15) is 0 Å². The summed E-state index contributed by atoms with van der Waals surface area (Å²) in [6.07, 6.45) is 2.17. The third-order valence-corrected chi connectivity index (χ3v) is 6.88. The zero-order valence-corrected chi connectivity index (χ0v) is 16.8. The number of benzene rings is 2. The molecule has 2 heterocycles. The maximum absolute atomic E-state index is 2.33. The summed E-state index contributed by atoms with van der Waals surface area (Å²) in [7, 11) is 0. The maximum atomic E-state index is 2.33. The van der Waals surface area contributed by atoms with Gasteiger partial charge in [0.15, 0.2) is 0 Å². The highest BCUT2D eigenvalue weighted by atomic mass is 32.1. The monoisotopic (exact) mass is 374 g/mol. The van der Waals surface area contributed by atoms with E-state index in [2.05, 4.69) is 85.3 Å². The van der Waals surface area contributed by atoms with Gasteiger partial charge in [0.1, 0.15) is 0 Å². The molecule has 0 N–H and O–H groups in total. The van der Waals surface area contributed by atoms with Crippen LogP contribution in [0.3, 0.4) is 0 Å². The molecular formula is C24H22S2. The van der Waals surface area contributed by atoms with Crippen molar-refractivity contribution in [2.45, 2.75) is 26.7 Å². The Labute approximate surface area is 163 Å². The molecule has 2 aromatic carbocycles. The minimum absolute atomic E-state index is 1.09. The smallest absolute Gasteiger partial charge is 0.0521 e. The molecule has 0 saturated heterocycles. The molecule has 130 valence electrons. The Morgan fingerprint density at radius 2 is 1.27 bits per heavy atom.